The normalized spacial score (nSPS) is 17.9. The Kier molecular flexibility index (Phi) is 7.10. The molecule has 3 heterocycles. The van der Waals surface area contributed by atoms with Gasteiger partial charge in [0, 0.05) is 59.8 Å². The highest BCUT2D eigenvalue weighted by Crippen LogP contribution is 2.33. The van der Waals surface area contributed by atoms with Crippen molar-refractivity contribution in [3.05, 3.63) is 66.4 Å². The number of nitrogens with one attached hydrogen (secondary N) is 1. The summed E-state index contributed by atoms with van der Waals surface area (Å²) in [5.41, 5.74) is 3.21. The van der Waals surface area contributed by atoms with E-state index >= 15 is 0 Å². The second kappa shape index (κ2) is 10.1. The second-order valence-corrected chi connectivity index (χ2v) is 8.42. The van der Waals surface area contributed by atoms with E-state index in [0.29, 0.717) is 35.7 Å². The molecule has 0 bridgehead atoms. The standard InChI is InChI=1S/C23H21ClF3N5O3/c24-23(26,27)35-18-3-1-17(2-4-18)31-22(34)14-6-19(13-5-16(25)10-29-8-13)21(30-9-14)32-11-15(7-28)20(33)12-32/h1-6,8-10,15,20,33H,7,11-12,28H2,(H,31,34). The molecule has 1 aliphatic heterocycles. The lowest BCUT2D eigenvalue weighted by Gasteiger charge is -2.21. The van der Waals surface area contributed by atoms with Crippen molar-refractivity contribution in [1.82, 2.24) is 9.97 Å². The van der Waals surface area contributed by atoms with Gasteiger partial charge < -0.3 is 25.8 Å². The molecule has 1 aromatic carbocycles. The summed E-state index contributed by atoms with van der Waals surface area (Å²) in [6, 6.07) is 8.00. The lowest BCUT2D eigenvalue weighted by Crippen LogP contribution is -2.25. The Hall–Kier alpha value is -3.41. The first-order valence-corrected chi connectivity index (χ1v) is 10.9. The van der Waals surface area contributed by atoms with Crippen molar-refractivity contribution in [2.75, 3.05) is 29.9 Å². The highest BCUT2D eigenvalue weighted by Gasteiger charge is 2.32. The molecule has 1 fully saturated rings. The summed E-state index contributed by atoms with van der Waals surface area (Å²) >= 11 is 4.75. The number of β-amino-alcohol motifs (C(OH)–C–C–N with tert-alkyl or cyclic N) is 1. The third-order valence-corrected chi connectivity index (χ3v) is 5.58. The van der Waals surface area contributed by atoms with Gasteiger partial charge in [-0.05, 0) is 42.9 Å². The van der Waals surface area contributed by atoms with E-state index in [4.69, 9.17) is 17.3 Å². The fourth-order valence-electron chi connectivity index (χ4n) is 3.81. The summed E-state index contributed by atoms with van der Waals surface area (Å²) in [6.45, 7) is 1.02. The van der Waals surface area contributed by atoms with Crippen LogP contribution in [0.3, 0.4) is 0 Å². The number of alkyl halides is 3. The number of halogens is 4. The van der Waals surface area contributed by atoms with Crippen molar-refractivity contribution in [2.45, 2.75) is 11.7 Å². The number of amides is 1. The lowest BCUT2D eigenvalue weighted by atomic mass is 10.1. The Morgan fingerprint density at radius 2 is 1.97 bits per heavy atom. The molecule has 12 heteroatoms. The molecule has 184 valence electrons. The minimum atomic E-state index is -3.85. The topological polar surface area (TPSA) is 114 Å². The number of aliphatic hydroxyl groups is 1. The zero-order chi connectivity index (χ0) is 25.2. The highest BCUT2D eigenvalue weighted by molar-refractivity contribution is 6.20. The van der Waals surface area contributed by atoms with Gasteiger partial charge in [0.25, 0.3) is 5.91 Å². The Morgan fingerprint density at radius 3 is 2.60 bits per heavy atom. The van der Waals surface area contributed by atoms with Crippen molar-refractivity contribution < 1.29 is 27.8 Å². The van der Waals surface area contributed by atoms with Crippen LogP contribution in [0.5, 0.6) is 5.75 Å². The molecule has 0 aliphatic carbocycles. The zero-order valence-electron chi connectivity index (χ0n) is 18.2. The van der Waals surface area contributed by atoms with E-state index < -0.39 is 23.4 Å². The number of carbonyl (C=O) groups excluding carboxylic acids is 1. The van der Waals surface area contributed by atoms with Gasteiger partial charge in [0.15, 0.2) is 0 Å². The number of rotatable bonds is 7. The summed E-state index contributed by atoms with van der Waals surface area (Å²) in [5, 5.41) is 12.9. The maximum atomic E-state index is 13.9. The quantitative estimate of drug-likeness (QED) is 0.420. The fourth-order valence-corrected chi connectivity index (χ4v) is 3.90. The van der Waals surface area contributed by atoms with Gasteiger partial charge in [0.1, 0.15) is 17.4 Å². The number of nitrogens with zero attached hydrogens (tertiary/aromatic N) is 3. The SMILES string of the molecule is NCC1CN(c2ncc(C(=O)Nc3ccc(OC(F)(F)Cl)cc3)cc2-c2cncc(F)c2)CC1O. The van der Waals surface area contributed by atoms with Crippen LogP contribution in [0.1, 0.15) is 10.4 Å². The van der Waals surface area contributed by atoms with Crippen LogP contribution in [-0.4, -0.2) is 52.3 Å². The van der Waals surface area contributed by atoms with Crippen molar-refractivity contribution in [1.29, 1.82) is 0 Å². The number of benzene rings is 1. The van der Waals surface area contributed by atoms with E-state index in [1.165, 1.54) is 42.7 Å². The molecule has 35 heavy (non-hydrogen) atoms. The van der Waals surface area contributed by atoms with E-state index in [2.05, 4.69) is 20.0 Å². The number of ether oxygens (including phenoxy) is 1. The first-order chi connectivity index (χ1) is 16.6. The van der Waals surface area contributed by atoms with E-state index in [1.54, 1.807) is 6.07 Å². The van der Waals surface area contributed by atoms with Gasteiger partial charge >= 0.3 is 5.57 Å². The molecule has 4 N–H and O–H groups in total. The number of nitrogens with two attached hydrogens (primary N) is 1. The van der Waals surface area contributed by atoms with E-state index in [9.17, 15) is 23.1 Å². The molecule has 2 aromatic heterocycles. The van der Waals surface area contributed by atoms with Crippen molar-refractivity contribution in [3.8, 4) is 16.9 Å². The monoisotopic (exact) mass is 507 g/mol. The summed E-state index contributed by atoms with van der Waals surface area (Å²) < 4.78 is 43.7. The number of carbonyl (C=O) groups is 1. The molecule has 2 unspecified atom stereocenters. The summed E-state index contributed by atoms with van der Waals surface area (Å²) in [6.07, 6.45) is 3.22. The third-order valence-electron chi connectivity index (χ3n) is 5.50. The predicted molar refractivity (Wildman–Crippen MR) is 124 cm³/mol. The number of hydrogen-bond donors (Lipinski definition) is 3. The van der Waals surface area contributed by atoms with E-state index in [-0.39, 0.29) is 23.8 Å². The molecule has 0 radical (unpaired) electrons. The van der Waals surface area contributed by atoms with E-state index in [0.717, 1.165) is 6.20 Å². The van der Waals surface area contributed by atoms with Gasteiger partial charge in [-0.15, -0.1) is 8.78 Å². The number of hydrogen-bond acceptors (Lipinski definition) is 7. The van der Waals surface area contributed by atoms with Crippen molar-refractivity contribution >= 4 is 29.0 Å². The molecule has 3 aromatic rings. The minimum Gasteiger partial charge on any atom is -0.420 e. The molecule has 8 nitrogen and oxygen atoms in total. The fraction of sp³-hybridized carbons (Fsp3) is 0.261. The van der Waals surface area contributed by atoms with Crippen LogP contribution in [0.2, 0.25) is 0 Å². The third kappa shape index (κ3) is 5.99. The van der Waals surface area contributed by atoms with Gasteiger partial charge in [-0.1, -0.05) is 0 Å². The number of pyridine rings is 2. The van der Waals surface area contributed by atoms with Crippen LogP contribution in [0.15, 0.2) is 55.0 Å². The molecular weight excluding hydrogens is 487 g/mol. The minimum absolute atomic E-state index is 0.149. The van der Waals surface area contributed by atoms with Crippen LogP contribution in [-0.2, 0) is 0 Å². The van der Waals surface area contributed by atoms with Crippen molar-refractivity contribution in [2.24, 2.45) is 11.7 Å². The maximum Gasteiger partial charge on any atom is 0.487 e. The van der Waals surface area contributed by atoms with Crippen LogP contribution < -0.4 is 20.7 Å². The molecule has 1 saturated heterocycles. The first kappa shape index (κ1) is 24.7. The molecule has 1 amide bonds. The summed E-state index contributed by atoms with van der Waals surface area (Å²) in [4.78, 5) is 23.0. The Labute approximate surface area is 203 Å². The Bertz CT molecular complexity index is 1210. The average Bonchev–Trinajstić information content (AvgIpc) is 3.19. The molecule has 2 atom stereocenters. The highest BCUT2D eigenvalue weighted by atomic mass is 35.5. The molecule has 0 spiro atoms. The number of anilines is 2. The van der Waals surface area contributed by atoms with Gasteiger partial charge in [-0.25, -0.2) is 9.37 Å². The Balaban J connectivity index is 1.61. The largest absolute Gasteiger partial charge is 0.487 e. The molecule has 1 aliphatic rings. The van der Waals surface area contributed by atoms with Crippen LogP contribution in [0, 0.1) is 11.7 Å². The van der Waals surface area contributed by atoms with E-state index in [1.807, 2.05) is 4.90 Å². The predicted octanol–water partition coefficient (Wildman–Crippen LogP) is 3.46. The van der Waals surface area contributed by atoms with Gasteiger partial charge in [-0.2, -0.15) is 0 Å². The molecule has 0 saturated carbocycles. The lowest BCUT2D eigenvalue weighted by molar-refractivity contribution is -0.0964. The zero-order valence-corrected chi connectivity index (χ0v) is 18.9. The smallest absolute Gasteiger partial charge is 0.420 e. The average molecular weight is 508 g/mol. The molecule has 4 rings (SSSR count). The molecular formula is C23H21ClF3N5O3. The first-order valence-electron chi connectivity index (χ1n) is 10.5. The summed E-state index contributed by atoms with van der Waals surface area (Å²) in [5.74, 6) is -0.975. The van der Waals surface area contributed by atoms with Crippen LogP contribution >= 0.6 is 11.6 Å². The van der Waals surface area contributed by atoms with Gasteiger partial charge in [0.2, 0.25) is 0 Å². The number of aromatic nitrogens is 2. The maximum absolute atomic E-state index is 13.9. The van der Waals surface area contributed by atoms with Gasteiger partial charge in [0.05, 0.1) is 17.9 Å². The van der Waals surface area contributed by atoms with Crippen LogP contribution in [0.4, 0.5) is 24.7 Å². The van der Waals surface area contributed by atoms with Gasteiger partial charge in [-0.3, -0.25) is 9.78 Å². The van der Waals surface area contributed by atoms with Crippen molar-refractivity contribution in [3.63, 3.8) is 0 Å². The second-order valence-electron chi connectivity index (χ2n) is 7.98. The summed E-state index contributed by atoms with van der Waals surface area (Å²) in [7, 11) is 0. The number of aliphatic hydroxyl groups excluding tert-OH is 1. The Morgan fingerprint density at radius 1 is 1.23 bits per heavy atom. The van der Waals surface area contributed by atoms with Crippen LogP contribution in [0.25, 0.3) is 11.1 Å².